The average molecular weight is 334 g/mol. The lowest BCUT2D eigenvalue weighted by atomic mass is 10.1. The van der Waals surface area contributed by atoms with E-state index in [4.69, 9.17) is 9.78 Å². The fourth-order valence-electron chi connectivity index (χ4n) is 3.09. The Hall–Kier alpha value is -2.94. The number of nitriles is 1. The number of rotatable bonds is 4. The summed E-state index contributed by atoms with van der Waals surface area (Å²) in [4.78, 5) is 18.7. The second-order valence-corrected chi connectivity index (χ2v) is 6.57. The Morgan fingerprint density at radius 1 is 1.28 bits per heavy atom. The predicted octanol–water partition coefficient (Wildman–Crippen LogP) is 2.85. The van der Waals surface area contributed by atoms with Crippen molar-refractivity contribution in [1.82, 2.24) is 15.0 Å². The van der Waals surface area contributed by atoms with E-state index < -0.39 is 0 Å². The lowest BCUT2D eigenvalue weighted by Crippen LogP contribution is -2.26. The SMILES string of the molecule is N#Cc1ccccc1/C=C/C(=O)N1CCC(c2nc(C3CC3)no2)C1. The zero-order valence-corrected chi connectivity index (χ0v) is 13.8. The molecule has 126 valence electrons. The summed E-state index contributed by atoms with van der Waals surface area (Å²) >= 11 is 0. The Labute approximate surface area is 145 Å². The Bertz CT molecular complexity index is 860. The monoisotopic (exact) mass is 334 g/mol. The molecule has 0 bridgehead atoms. The summed E-state index contributed by atoms with van der Waals surface area (Å²) in [6, 6.07) is 9.36. The first-order valence-corrected chi connectivity index (χ1v) is 8.54. The fraction of sp³-hybridized carbons (Fsp3) is 0.368. The van der Waals surface area contributed by atoms with Crippen LogP contribution in [0, 0.1) is 11.3 Å². The standard InChI is InChI=1S/C19H18N4O2/c20-11-15-4-2-1-3-13(15)7-8-17(24)23-10-9-16(12-23)19-21-18(22-25-19)14-5-6-14/h1-4,7-8,14,16H,5-6,9-10,12H2/b8-7+. The molecule has 2 aromatic rings. The van der Waals surface area contributed by atoms with Crippen LogP contribution >= 0.6 is 0 Å². The molecule has 1 aliphatic heterocycles. The number of hydrogen-bond donors (Lipinski definition) is 0. The van der Waals surface area contributed by atoms with Crippen molar-refractivity contribution in [2.45, 2.75) is 31.1 Å². The van der Waals surface area contributed by atoms with Gasteiger partial charge in [0.1, 0.15) is 0 Å². The summed E-state index contributed by atoms with van der Waals surface area (Å²) in [5.74, 6) is 1.99. The van der Waals surface area contributed by atoms with E-state index in [0.717, 1.165) is 30.7 Å². The Balaban J connectivity index is 1.40. The third-order valence-corrected chi connectivity index (χ3v) is 4.74. The first-order chi connectivity index (χ1) is 12.2. The smallest absolute Gasteiger partial charge is 0.246 e. The number of hydrogen-bond acceptors (Lipinski definition) is 5. The van der Waals surface area contributed by atoms with Gasteiger partial charge >= 0.3 is 0 Å². The Kier molecular flexibility index (Phi) is 4.06. The van der Waals surface area contributed by atoms with Crippen molar-refractivity contribution in [2.24, 2.45) is 0 Å². The molecular weight excluding hydrogens is 316 g/mol. The van der Waals surface area contributed by atoms with E-state index in [1.807, 2.05) is 18.2 Å². The highest BCUT2D eigenvalue weighted by Crippen LogP contribution is 2.39. The second kappa shape index (κ2) is 6.52. The first kappa shape index (κ1) is 15.6. The highest BCUT2D eigenvalue weighted by Gasteiger charge is 2.33. The molecule has 1 saturated heterocycles. The second-order valence-electron chi connectivity index (χ2n) is 6.57. The van der Waals surface area contributed by atoms with E-state index in [2.05, 4.69) is 16.2 Å². The van der Waals surface area contributed by atoms with Crippen molar-refractivity contribution in [3.8, 4) is 6.07 Å². The Morgan fingerprint density at radius 2 is 2.12 bits per heavy atom. The number of benzene rings is 1. The number of amides is 1. The van der Waals surface area contributed by atoms with Gasteiger partial charge in [-0.15, -0.1) is 0 Å². The summed E-state index contributed by atoms with van der Waals surface area (Å²) in [5, 5.41) is 13.2. The van der Waals surface area contributed by atoms with Gasteiger partial charge in [-0.3, -0.25) is 4.79 Å². The number of carbonyl (C=O) groups is 1. The molecule has 4 rings (SSSR count). The predicted molar refractivity (Wildman–Crippen MR) is 90.4 cm³/mol. The molecule has 6 heteroatoms. The summed E-state index contributed by atoms with van der Waals surface area (Å²) < 4.78 is 5.38. The highest BCUT2D eigenvalue weighted by molar-refractivity contribution is 5.92. The zero-order valence-electron chi connectivity index (χ0n) is 13.8. The number of carbonyl (C=O) groups excluding carboxylic acids is 1. The summed E-state index contributed by atoms with van der Waals surface area (Å²) in [5.41, 5.74) is 1.31. The molecule has 1 saturated carbocycles. The number of aromatic nitrogens is 2. The van der Waals surface area contributed by atoms with Crippen LogP contribution in [0.4, 0.5) is 0 Å². The van der Waals surface area contributed by atoms with Crippen molar-refractivity contribution in [2.75, 3.05) is 13.1 Å². The lowest BCUT2D eigenvalue weighted by molar-refractivity contribution is -0.125. The molecule has 0 spiro atoms. The average Bonchev–Trinajstić information content (AvgIpc) is 3.18. The van der Waals surface area contributed by atoms with Crippen LogP contribution < -0.4 is 0 Å². The van der Waals surface area contributed by atoms with E-state index >= 15 is 0 Å². The quantitative estimate of drug-likeness (QED) is 0.803. The van der Waals surface area contributed by atoms with Gasteiger partial charge in [0.15, 0.2) is 5.82 Å². The van der Waals surface area contributed by atoms with E-state index in [9.17, 15) is 4.79 Å². The molecule has 6 nitrogen and oxygen atoms in total. The van der Waals surface area contributed by atoms with Crippen LogP contribution in [0.3, 0.4) is 0 Å². The highest BCUT2D eigenvalue weighted by atomic mass is 16.5. The van der Waals surface area contributed by atoms with Gasteiger partial charge in [0.25, 0.3) is 0 Å². The fourth-order valence-corrected chi connectivity index (χ4v) is 3.09. The largest absolute Gasteiger partial charge is 0.339 e. The van der Waals surface area contributed by atoms with Crippen LogP contribution in [-0.4, -0.2) is 34.0 Å². The molecule has 1 atom stereocenters. The van der Waals surface area contributed by atoms with Crippen LogP contribution in [0.15, 0.2) is 34.9 Å². The minimum atomic E-state index is -0.0582. The molecule has 2 aliphatic rings. The van der Waals surface area contributed by atoms with Crippen LogP contribution in [0.2, 0.25) is 0 Å². The first-order valence-electron chi connectivity index (χ1n) is 8.54. The van der Waals surface area contributed by atoms with Crippen molar-refractivity contribution in [3.05, 3.63) is 53.2 Å². The van der Waals surface area contributed by atoms with Gasteiger partial charge in [0, 0.05) is 25.1 Å². The maximum atomic E-state index is 12.4. The van der Waals surface area contributed by atoms with Crippen molar-refractivity contribution < 1.29 is 9.32 Å². The van der Waals surface area contributed by atoms with E-state index in [-0.39, 0.29) is 11.8 Å². The Morgan fingerprint density at radius 3 is 2.92 bits per heavy atom. The van der Waals surface area contributed by atoms with Gasteiger partial charge in [0.05, 0.1) is 17.6 Å². The molecule has 1 aliphatic carbocycles. The molecular formula is C19H18N4O2. The van der Waals surface area contributed by atoms with Gasteiger partial charge in [-0.05, 0) is 37.0 Å². The lowest BCUT2D eigenvalue weighted by Gasteiger charge is -2.13. The van der Waals surface area contributed by atoms with Crippen LogP contribution in [0.25, 0.3) is 6.08 Å². The maximum Gasteiger partial charge on any atom is 0.246 e. The summed E-state index contributed by atoms with van der Waals surface area (Å²) in [6.45, 7) is 1.27. The normalized spacial score (nSPS) is 20.1. The van der Waals surface area contributed by atoms with Crippen LogP contribution in [0.5, 0.6) is 0 Å². The van der Waals surface area contributed by atoms with Crippen LogP contribution in [-0.2, 0) is 4.79 Å². The molecule has 1 aromatic carbocycles. The molecule has 1 aromatic heterocycles. The molecule has 2 fully saturated rings. The third kappa shape index (κ3) is 3.31. The zero-order chi connectivity index (χ0) is 17.2. The number of likely N-dealkylation sites (tertiary alicyclic amines) is 1. The van der Waals surface area contributed by atoms with Gasteiger partial charge < -0.3 is 9.42 Å². The summed E-state index contributed by atoms with van der Waals surface area (Å²) in [7, 11) is 0. The van der Waals surface area contributed by atoms with Crippen LogP contribution in [0.1, 0.15) is 53.9 Å². The number of nitrogens with zero attached hydrogens (tertiary/aromatic N) is 4. The third-order valence-electron chi connectivity index (χ3n) is 4.74. The van der Waals surface area contributed by atoms with Gasteiger partial charge in [-0.1, -0.05) is 23.4 Å². The van der Waals surface area contributed by atoms with E-state index in [1.54, 1.807) is 17.0 Å². The van der Waals surface area contributed by atoms with E-state index in [0.29, 0.717) is 30.5 Å². The molecule has 0 N–H and O–H groups in total. The van der Waals surface area contributed by atoms with Crippen molar-refractivity contribution >= 4 is 12.0 Å². The van der Waals surface area contributed by atoms with Gasteiger partial charge in [-0.2, -0.15) is 10.2 Å². The van der Waals surface area contributed by atoms with Gasteiger partial charge in [0.2, 0.25) is 11.8 Å². The van der Waals surface area contributed by atoms with Gasteiger partial charge in [-0.25, -0.2) is 0 Å². The molecule has 1 unspecified atom stereocenters. The maximum absolute atomic E-state index is 12.4. The molecule has 2 heterocycles. The van der Waals surface area contributed by atoms with Crippen molar-refractivity contribution in [3.63, 3.8) is 0 Å². The molecule has 25 heavy (non-hydrogen) atoms. The minimum Gasteiger partial charge on any atom is -0.339 e. The minimum absolute atomic E-state index is 0.0582. The topological polar surface area (TPSA) is 83.0 Å². The molecule has 0 radical (unpaired) electrons. The summed E-state index contributed by atoms with van der Waals surface area (Å²) in [6.07, 6.45) is 6.35. The molecule has 1 amide bonds. The van der Waals surface area contributed by atoms with Crippen molar-refractivity contribution in [1.29, 1.82) is 5.26 Å². The van der Waals surface area contributed by atoms with E-state index in [1.165, 1.54) is 6.08 Å².